The maximum absolute atomic E-state index is 5.49. The summed E-state index contributed by atoms with van der Waals surface area (Å²) in [4.78, 5) is 4.62. The second kappa shape index (κ2) is 6.72. The minimum atomic E-state index is -0.0328. The van der Waals surface area contributed by atoms with E-state index in [0.717, 1.165) is 30.1 Å². The quantitative estimate of drug-likeness (QED) is 0.888. The van der Waals surface area contributed by atoms with Crippen molar-refractivity contribution >= 4 is 0 Å². The highest BCUT2D eigenvalue weighted by molar-refractivity contribution is 5.37. The van der Waals surface area contributed by atoms with Crippen LogP contribution in [-0.2, 0) is 6.54 Å². The Hall–Kier alpha value is -1.88. The number of hydrogen-bond acceptors (Lipinski definition) is 4. The minimum absolute atomic E-state index is 0.0328. The second-order valence-corrected chi connectivity index (χ2v) is 5.26. The van der Waals surface area contributed by atoms with Crippen LogP contribution in [0.3, 0.4) is 0 Å². The summed E-state index contributed by atoms with van der Waals surface area (Å²) in [6.07, 6.45) is 4.70. The van der Waals surface area contributed by atoms with E-state index in [2.05, 4.69) is 42.2 Å². The SMILES string of the molecule is CCCn1ncc(OC)c1C(NC)c1ncc(C)cc1C. The molecule has 0 aliphatic heterocycles. The number of rotatable bonds is 6. The molecular weight excluding hydrogens is 264 g/mol. The minimum Gasteiger partial charge on any atom is -0.493 e. The van der Waals surface area contributed by atoms with Crippen molar-refractivity contribution in [1.29, 1.82) is 0 Å². The van der Waals surface area contributed by atoms with Gasteiger partial charge in [-0.25, -0.2) is 0 Å². The van der Waals surface area contributed by atoms with Crippen molar-refractivity contribution in [2.45, 2.75) is 39.8 Å². The molecule has 0 spiro atoms. The van der Waals surface area contributed by atoms with Gasteiger partial charge in [-0.2, -0.15) is 5.10 Å². The van der Waals surface area contributed by atoms with Crippen LogP contribution >= 0.6 is 0 Å². The van der Waals surface area contributed by atoms with Gasteiger partial charge in [-0.15, -0.1) is 0 Å². The monoisotopic (exact) mass is 288 g/mol. The fourth-order valence-corrected chi connectivity index (χ4v) is 2.65. The van der Waals surface area contributed by atoms with Crippen LogP contribution in [-0.4, -0.2) is 28.9 Å². The lowest BCUT2D eigenvalue weighted by molar-refractivity contribution is 0.399. The largest absolute Gasteiger partial charge is 0.493 e. The van der Waals surface area contributed by atoms with Gasteiger partial charge >= 0.3 is 0 Å². The number of aryl methyl sites for hydroxylation is 3. The average molecular weight is 288 g/mol. The summed E-state index contributed by atoms with van der Waals surface area (Å²) in [7, 11) is 3.62. The molecule has 0 saturated heterocycles. The molecule has 0 bridgehead atoms. The highest BCUT2D eigenvalue weighted by Gasteiger charge is 2.24. The molecule has 5 nitrogen and oxygen atoms in total. The number of ether oxygens (including phenoxy) is 1. The zero-order chi connectivity index (χ0) is 15.4. The summed E-state index contributed by atoms with van der Waals surface area (Å²) in [5.74, 6) is 0.796. The molecule has 0 amide bonds. The Labute approximate surface area is 126 Å². The Balaban J connectivity index is 2.52. The molecule has 0 aliphatic carbocycles. The van der Waals surface area contributed by atoms with Crippen LogP contribution in [0.25, 0.3) is 0 Å². The maximum atomic E-state index is 5.49. The van der Waals surface area contributed by atoms with Gasteiger partial charge in [0.05, 0.1) is 25.0 Å². The van der Waals surface area contributed by atoms with Gasteiger partial charge in [0, 0.05) is 12.7 Å². The van der Waals surface area contributed by atoms with Gasteiger partial charge in [-0.3, -0.25) is 9.67 Å². The van der Waals surface area contributed by atoms with Crippen molar-refractivity contribution in [3.05, 3.63) is 41.0 Å². The summed E-state index contributed by atoms with van der Waals surface area (Å²) in [6, 6.07) is 2.12. The van der Waals surface area contributed by atoms with Gasteiger partial charge in [0.15, 0.2) is 5.75 Å². The molecule has 1 unspecified atom stereocenters. The van der Waals surface area contributed by atoms with Crippen molar-refractivity contribution in [1.82, 2.24) is 20.1 Å². The van der Waals surface area contributed by atoms with Crippen LogP contribution < -0.4 is 10.1 Å². The molecule has 0 saturated carbocycles. The molecule has 2 aromatic heterocycles. The van der Waals surface area contributed by atoms with E-state index >= 15 is 0 Å². The number of nitrogens with one attached hydrogen (secondary N) is 1. The first kappa shape index (κ1) is 15.5. The van der Waals surface area contributed by atoms with E-state index in [1.165, 1.54) is 11.1 Å². The third kappa shape index (κ3) is 3.08. The van der Waals surface area contributed by atoms with E-state index in [4.69, 9.17) is 4.74 Å². The van der Waals surface area contributed by atoms with E-state index in [-0.39, 0.29) is 6.04 Å². The van der Waals surface area contributed by atoms with Crippen molar-refractivity contribution in [2.24, 2.45) is 0 Å². The van der Waals surface area contributed by atoms with Gasteiger partial charge in [-0.1, -0.05) is 13.0 Å². The number of methoxy groups -OCH3 is 1. The number of aromatic nitrogens is 3. The van der Waals surface area contributed by atoms with Gasteiger partial charge < -0.3 is 10.1 Å². The van der Waals surface area contributed by atoms with Crippen LogP contribution in [0.1, 0.15) is 41.9 Å². The normalized spacial score (nSPS) is 12.4. The van der Waals surface area contributed by atoms with E-state index < -0.39 is 0 Å². The lowest BCUT2D eigenvalue weighted by atomic mass is 10.0. The Bertz CT molecular complexity index is 606. The summed E-state index contributed by atoms with van der Waals surface area (Å²) in [5.41, 5.74) is 4.38. The summed E-state index contributed by atoms with van der Waals surface area (Å²) in [6.45, 7) is 7.15. The molecule has 0 fully saturated rings. The summed E-state index contributed by atoms with van der Waals surface area (Å²) < 4.78 is 7.49. The summed E-state index contributed by atoms with van der Waals surface area (Å²) in [5, 5.41) is 7.79. The smallest absolute Gasteiger partial charge is 0.161 e. The van der Waals surface area contributed by atoms with Crippen molar-refractivity contribution in [3.8, 4) is 5.75 Å². The second-order valence-electron chi connectivity index (χ2n) is 5.26. The zero-order valence-corrected chi connectivity index (χ0v) is 13.5. The molecule has 0 radical (unpaired) electrons. The van der Waals surface area contributed by atoms with Gasteiger partial charge in [-0.05, 0) is 38.4 Å². The Morgan fingerprint density at radius 3 is 2.67 bits per heavy atom. The Morgan fingerprint density at radius 2 is 2.10 bits per heavy atom. The molecular formula is C16H24N4O. The average Bonchev–Trinajstić information content (AvgIpc) is 2.85. The summed E-state index contributed by atoms with van der Waals surface area (Å²) >= 11 is 0. The predicted molar refractivity (Wildman–Crippen MR) is 83.7 cm³/mol. The fourth-order valence-electron chi connectivity index (χ4n) is 2.65. The maximum Gasteiger partial charge on any atom is 0.161 e. The van der Waals surface area contributed by atoms with Crippen molar-refractivity contribution in [2.75, 3.05) is 14.2 Å². The lowest BCUT2D eigenvalue weighted by Gasteiger charge is -2.20. The predicted octanol–water partition coefficient (Wildman–Crippen LogP) is 2.62. The van der Waals surface area contributed by atoms with Crippen molar-refractivity contribution in [3.63, 3.8) is 0 Å². The molecule has 1 atom stereocenters. The first-order valence-electron chi connectivity index (χ1n) is 7.32. The van der Waals surface area contributed by atoms with E-state index in [9.17, 15) is 0 Å². The molecule has 114 valence electrons. The fraction of sp³-hybridized carbons (Fsp3) is 0.500. The van der Waals surface area contributed by atoms with Crippen LogP contribution in [0.15, 0.2) is 18.5 Å². The number of nitrogens with zero attached hydrogens (tertiary/aromatic N) is 3. The Morgan fingerprint density at radius 1 is 1.33 bits per heavy atom. The molecule has 2 aromatic rings. The first-order chi connectivity index (χ1) is 10.1. The van der Waals surface area contributed by atoms with Gasteiger partial charge in [0.1, 0.15) is 5.69 Å². The number of hydrogen-bond donors (Lipinski definition) is 1. The Kier molecular flexibility index (Phi) is 4.96. The van der Waals surface area contributed by atoms with E-state index in [0.29, 0.717) is 0 Å². The topological polar surface area (TPSA) is 52.0 Å². The standard InChI is InChI=1S/C16H24N4O/c1-6-7-20-16(13(21-5)10-19-20)15(17-4)14-12(3)8-11(2)9-18-14/h8-10,15,17H,6-7H2,1-5H3. The zero-order valence-electron chi connectivity index (χ0n) is 13.5. The van der Waals surface area contributed by atoms with Crippen LogP contribution in [0.4, 0.5) is 0 Å². The van der Waals surface area contributed by atoms with E-state index in [1.54, 1.807) is 13.3 Å². The first-order valence-corrected chi connectivity index (χ1v) is 7.32. The van der Waals surface area contributed by atoms with Crippen LogP contribution in [0, 0.1) is 13.8 Å². The third-order valence-corrected chi connectivity index (χ3v) is 3.59. The molecule has 0 aromatic carbocycles. The molecule has 2 heterocycles. The van der Waals surface area contributed by atoms with Crippen LogP contribution in [0.5, 0.6) is 5.75 Å². The highest BCUT2D eigenvalue weighted by atomic mass is 16.5. The van der Waals surface area contributed by atoms with Gasteiger partial charge in [0.2, 0.25) is 0 Å². The highest BCUT2D eigenvalue weighted by Crippen LogP contribution is 2.30. The molecule has 1 N–H and O–H groups in total. The lowest BCUT2D eigenvalue weighted by Crippen LogP contribution is -2.24. The number of pyridine rings is 1. The third-order valence-electron chi connectivity index (χ3n) is 3.59. The molecule has 21 heavy (non-hydrogen) atoms. The van der Waals surface area contributed by atoms with Gasteiger partial charge in [0.25, 0.3) is 0 Å². The van der Waals surface area contributed by atoms with Crippen molar-refractivity contribution < 1.29 is 4.74 Å². The molecule has 2 rings (SSSR count). The molecule has 0 aliphatic rings. The molecule has 5 heteroatoms. The van der Waals surface area contributed by atoms with E-state index in [1.807, 2.05) is 17.9 Å². The van der Waals surface area contributed by atoms with Crippen LogP contribution in [0.2, 0.25) is 0 Å².